The largest absolute Gasteiger partial charge is 0.331 e. The second-order valence-corrected chi connectivity index (χ2v) is 4.55. The molecule has 0 bridgehead atoms. The maximum Gasteiger partial charge on any atom is 0.139 e. The average Bonchev–Trinajstić information content (AvgIpc) is 2.86. The Balaban J connectivity index is 2.46. The van der Waals surface area contributed by atoms with Crippen LogP contribution in [0.4, 0.5) is 0 Å². The minimum atomic E-state index is 0.929. The zero-order valence-corrected chi connectivity index (χ0v) is 11.8. The van der Waals surface area contributed by atoms with Gasteiger partial charge in [-0.15, -0.1) is 0 Å². The summed E-state index contributed by atoms with van der Waals surface area (Å²) in [4.78, 5) is 4.47. The molecular weight excluding hydrogens is 232 g/mol. The van der Waals surface area contributed by atoms with Crippen LogP contribution in [0.3, 0.4) is 0 Å². The highest BCUT2D eigenvalue weighted by atomic mass is 15.1. The molecule has 0 radical (unpaired) electrons. The Morgan fingerprint density at radius 2 is 2.21 bits per heavy atom. The average molecular weight is 252 g/mol. The first-order chi connectivity index (χ1) is 9.24. The van der Waals surface area contributed by atoms with E-state index in [-0.39, 0.29) is 0 Å². The summed E-state index contributed by atoms with van der Waals surface area (Å²) in [5.74, 6) is 1.02. The molecule has 0 N–H and O–H groups in total. The molecule has 0 unspecified atom stereocenters. The molecule has 98 valence electrons. The van der Waals surface area contributed by atoms with Crippen molar-refractivity contribution in [1.29, 1.82) is 0 Å². The number of hydrogen-bond donors (Lipinski definition) is 0. The van der Waals surface area contributed by atoms with E-state index in [0.29, 0.717) is 0 Å². The molecule has 0 amide bonds. The minimum absolute atomic E-state index is 0.929. The van der Waals surface area contributed by atoms with Crippen molar-refractivity contribution in [3.63, 3.8) is 0 Å². The standard InChI is InChI=1S/C17H20N2/c1-4-7-16(17-18-10-11-19(17)5-2)13-15-9-6-8-14(3)12-15/h4,6-13H,5H2,1-3H3/b7-4+,16-13-. The van der Waals surface area contributed by atoms with E-state index in [9.17, 15) is 0 Å². The van der Waals surface area contributed by atoms with Crippen molar-refractivity contribution in [2.45, 2.75) is 27.3 Å². The molecule has 2 nitrogen and oxygen atoms in total. The van der Waals surface area contributed by atoms with Gasteiger partial charge in [0.1, 0.15) is 5.82 Å². The first-order valence-corrected chi connectivity index (χ1v) is 6.67. The highest BCUT2D eigenvalue weighted by molar-refractivity contribution is 5.85. The van der Waals surface area contributed by atoms with Gasteiger partial charge < -0.3 is 4.57 Å². The number of allylic oxidation sites excluding steroid dienone is 3. The predicted octanol–water partition coefficient (Wildman–Crippen LogP) is 4.33. The van der Waals surface area contributed by atoms with Crippen molar-refractivity contribution < 1.29 is 0 Å². The predicted molar refractivity (Wildman–Crippen MR) is 81.8 cm³/mol. The molecule has 0 atom stereocenters. The molecule has 1 aromatic heterocycles. The van der Waals surface area contributed by atoms with E-state index >= 15 is 0 Å². The molecule has 0 spiro atoms. The summed E-state index contributed by atoms with van der Waals surface area (Å²) < 4.78 is 2.15. The van der Waals surface area contributed by atoms with Crippen molar-refractivity contribution in [3.8, 4) is 0 Å². The molecule has 19 heavy (non-hydrogen) atoms. The lowest BCUT2D eigenvalue weighted by atomic mass is 10.1. The number of nitrogens with zero attached hydrogens (tertiary/aromatic N) is 2. The highest BCUT2D eigenvalue weighted by Crippen LogP contribution is 2.19. The maximum atomic E-state index is 4.47. The third-order valence-corrected chi connectivity index (χ3v) is 3.02. The normalized spacial score (nSPS) is 12.3. The Labute approximate surface area is 115 Å². The zero-order chi connectivity index (χ0) is 13.7. The monoisotopic (exact) mass is 252 g/mol. The fourth-order valence-electron chi connectivity index (χ4n) is 2.13. The molecule has 2 rings (SSSR count). The first kappa shape index (κ1) is 13.3. The van der Waals surface area contributed by atoms with Gasteiger partial charge in [0.05, 0.1) is 0 Å². The van der Waals surface area contributed by atoms with E-state index in [2.05, 4.69) is 65.9 Å². The summed E-state index contributed by atoms with van der Waals surface area (Å²) in [6.07, 6.45) is 10.2. The zero-order valence-electron chi connectivity index (χ0n) is 11.8. The third kappa shape index (κ3) is 3.22. The smallest absolute Gasteiger partial charge is 0.139 e. The second-order valence-electron chi connectivity index (χ2n) is 4.55. The molecule has 0 saturated carbocycles. The molecule has 1 heterocycles. The molecule has 1 aromatic carbocycles. The van der Waals surface area contributed by atoms with Crippen LogP contribution in [0.2, 0.25) is 0 Å². The van der Waals surface area contributed by atoms with Gasteiger partial charge in [-0.05, 0) is 32.4 Å². The van der Waals surface area contributed by atoms with Crippen molar-refractivity contribution in [1.82, 2.24) is 9.55 Å². The summed E-state index contributed by atoms with van der Waals surface area (Å²) in [5.41, 5.74) is 3.62. The molecule has 0 saturated heterocycles. The first-order valence-electron chi connectivity index (χ1n) is 6.67. The molecule has 2 heteroatoms. The van der Waals surface area contributed by atoms with Gasteiger partial charge in [0.15, 0.2) is 0 Å². The Morgan fingerprint density at radius 1 is 1.37 bits per heavy atom. The van der Waals surface area contributed by atoms with Crippen molar-refractivity contribution in [3.05, 3.63) is 65.8 Å². The van der Waals surface area contributed by atoms with Crippen LogP contribution >= 0.6 is 0 Å². The van der Waals surface area contributed by atoms with Gasteiger partial charge in [0, 0.05) is 24.5 Å². The topological polar surface area (TPSA) is 17.8 Å². The Morgan fingerprint density at radius 3 is 2.89 bits per heavy atom. The quantitative estimate of drug-likeness (QED) is 0.741. The maximum absolute atomic E-state index is 4.47. The Bertz CT molecular complexity index is 603. The van der Waals surface area contributed by atoms with E-state index < -0.39 is 0 Å². The lowest BCUT2D eigenvalue weighted by Gasteiger charge is -2.06. The number of imidazole rings is 1. The number of aromatic nitrogens is 2. The van der Waals surface area contributed by atoms with Crippen molar-refractivity contribution >= 4 is 11.6 Å². The fourth-order valence-corrected chi connectivity index (χ4v) is 2.13. The second kappa shape index (κ2) is 6.19. The molecule has 0 aliphatic heterocycles. The molecular formula is C17H20N2. The van der Waals surface area contributed by atoms with Gasteiger partial charge in [-0.25, -0.2) is 4.98 Å². The van der Waals surface area contributed by atoms with Crippen LogP contribution < -0.4 is 0 Å². The van der Waals surface area contributed by atoms with E-state index in [4.69, 9.17) is 0 Å². The van der Waals surface area contributed by atoms with E-state index in [1.54, 1.807) is 0 Å². The summed E-state index contributed by atoms with van der Waals surface area (Å²) in [5, 5.41) is 0. The molecule has 0 aliphatic rings. The van der Waals surface area contributed by atoms with Crippen LogP contribution in [0.5, 0.6) is 0 Å². The van der Waals surface area contributed by atoms with Crippen LogP contribution in [0.1, 0.15) is 30.8 Å². The van der Waals surface area contributed by atoms with Gasteiger partial charge in [-0.3, -0.25) is 0 Å². The van der Waals surface area contributed by atoms with Crippen LogP contribution in [0.15, 0.2) is 48.8 Å². The number of aryl methyl sites for hydroxylation is 2. The van der Waals surface area contributed by atoms with E-state index in [0.717, 1.165) is 17.9 Å². The van der Waals surface area contributed by atoms with Gasteiger partial charge in [-0.2, -0.15) is 0 Å². The lowest BCUT2D eigenvalue weighted by Crippen LogP contribution is -1.99. The van der Waals surface area contributed by atoms with Crippen molar-refractivity contribution in [2.24, 2.45) is 0 Å². The van der Waals surface area contributed by atoms with Crippen LogP contribution in [0.25, 0.3) is 11.6 Å². The summed E-state index contributed by atoms with van der Waals surface area (Å²) in [6, 6.07) is 8.50. The van der Waals surface area contributed by atoms with E-state index in [1.807, 2.05) is 19.3 Å². The number of benzene rings is 1. The van der Waals surface area contributed by atoms with Gasteiger partial charge in [-0.1, -0.05) is 42.0 Å². The van der Waals surface area contributed by atoms with Gasteiger partial charge in [0.2, 0.25) is 0 Å². The third-order valence-electron chi connectivity index (χ3n) is 3.02. The fraction of sp³-hybridized carbons (Fsp3) is 0.235. The SMILES string of the molecule is C/C=C/C(=C/c1cccc(C)c1)c1nccn1CC. The Hall–Kier alpha value is -2.09. The molecule has 0 fully saturated rings. The van der Waals surface area contributed by atoms with Crippen LogP contribution in [0, 0.1) is 6.92 Å². The van der Waals surface area contributed by atoms with E-state index in [1.165, 1.54) is 11.1 Å². The number of rotatable bonds is 4. The summed E-state index contributed by atoms with van der Waals surface area (Å²) in [6.45, 7) is 7.20. The lowest BCUT2D eigenvalue weighted by molar-refractivity contribution is 0.750. The summed E-state index contributed by atoms with van der Waals surface area (Å²) >= 11 is 0. The minimum Gasteiger partial charge on any atom is -0.331 e. The van der Waals surface area contributed by atoms with Crippen LogP contribution in [-0.4, -0.2) is 9.55 Å². The van der Waals surface area contributed by atoms with Gasteiger partial charge >= 0.3 is 0 Å². The van der Waals surface area contributed by atoms with Crippen LogP contribution in [-0.2, 0) is 6.54 Å². The molecule has 2 aromatic rings. The summed E-state index contributed by atoms with van der Waals surface area (Å²) in [7, 11) is 0. The highest BCUT2D eigenvalue weighted by Gasteiger charge is 2.05. The Kier molecular flexibility index (Phi) is 4.35. The van der Waals surface area contributed by atoms with Gasteiger partial charge in [0.25, 0.3) is 0 Å². The molecule has 0 aliphatic carbocycles. The number of hydrogen-bond acceptors (Lipinski definition) is 1. The van der Waals surface area contributed by atoms with Crippen molar-refractivity contribution in [2.75, 3.05) is 0 Å².